The Hall–Kier alpha value is -0.380. The molecule has 0 aliphatic rings. The average Bonchev–Trinajstić information content (AvgIpc) is 2.65. The Bertz CT molecular complexity index is 427. The lowest BCUT2D eigenvalue weighted by Crippen LogP contribution is -2.34. The largest absolute Gasteiger partial charge is 0.307 e. The van der Waals surface area contributed by atoms with E-state index in [0.717, 1.165) is 13.1 Å². The molecule has 0 saturated heterocycles. The molecule has 0 bridgehead atoms. The lowest BCUT2D eigenvalue weighted by atomic mass is 10.1. The topological polar surface area (TPSA) is 15.3 Å². The molecule has 0 unspecified atom stereocenters. The number of nitrogens with one attached hydrogen (secondary N) is 1. The van der Waals surface area contributed by atoms with Crippen molar-refractivity contribution in [3.63, 3.8) is 0 Å². The Kier molecular flexibility index (Phi) is 6.89. The van der Waals surface area contributed by atoms with Crippen molar-refractivity contribution in [1.82, 2.24) is 10.2 Å². The normalized spacial score (nSPS) is 12.9. The Morgan fingerprint density at radius 2 is 1.81 bits per heavy atom. The van der Waals surface area contributed by atoms with Gasteiger partial charge in [-0.1, -0.05) is 13.8 Å². The summed E-state index contributed by atoms with van der Waals surface area (Å²) in [5, 5.41) is 3.58. The molecular weight excluding hydrogens is 276 g/mol. The van der Waals surface area contributed by atoms with Gasteiger partial charge in [0.05, 0.1) is 0 Å². The maximum atomic E-state index is 3.58. The van der Waals surface area contributed by atoms with Crippen LogP contribution in [-0.2, 0) is 13.1 Å². The second kappa shape index (κ2) is 7.75. The van der Waals surface area contributed by atoms with Crippen LogP contribution in [0.25, 0.3) is 0 Å². The van der Waals surface area contributed by atoms with E-state index in [0.29, 0.717) is 12.0 Å². The highest BCUT2D eigenvalue weighted by atomic mass is 32.1. The van der Waals surface area contributed by atoms with Crippen LogP contribution < -0.4 is 5.32 Å². The van der Waals surface area contributed by atoms with Gasteiger partial charge in [0.2, 0.25) is 0 Å². The van der Waals surface area contributed by atoms with Crippen molar-refractivity contribution in [2.24, 2.45) is 5.92 Å². The summed E-state index contributed by atoms with van der Waals surface area (Å²) in [7, 11) is 0. The first-order chi connectivity index (χ1) is 9.58. The van der Waals surface area contributed by atoms with Crippen molar-refractivity contribution in [2.75, 3.05) is 6.54 Å². The first-order valence-electron chi connectivity index (χ1n) is 8.15. The lowest BCUT2D eigenvalue weighted by molar-refractivity contribution is 0.189. The van der Waals surface area contributed by atoms with Crippen LogP contribution in [-0.4, -0.2) is 23.0 Å². The highest BCUT2D eigenvalue weighted by Gasteiger charge is 2.16. The zero-order valence-corrected chi connectivity index (χ0v) is 16.0. The minimum atomic E-state index is 0.180. The zero-order valence-electron chi connectivity index (χ0n) is 15.2. The van der Waals surface area contributed by atoms with E-state index in [2.05, 4.69) is 71.7 Å². The maximum Gasteiger partial charge on any atom is 0.0304 e. The summed E-state index contributed by atoms with van der Waals surface area (Å²) in [6.45, 7) is 21.3. The summed E-state index contributed by atoms with van der Waals surface area (Å²) in [5.74, 6) is 0.716. The molecule has 0 radical (unpaired) electrons. The highest BCUT2D eigenvalue weighted by Crippen LogP contribution is 2.24. The number of hydrogen-bond donors (Lipinski definition) is 1. The molecule has 1 rings (SSSR count). The fourth-order valence-corrected chi connectivity index (χ4v) is 3.32. The molecule has 2 nitrogen and oxygen atoms in total. The highest BCUT2D eigenvalue weighted by molar-refractivity contribution is 7.12. The number of aryl methyl sites for hydroxylation is 1. The van der Waals surface area contributed by atoms with Crippen molar-refractivity contribution >= 4 is 11.3 Å². The molecule has 1 heterocycles. The Labute approximate surface area is 135 Å². The van der Waals surface area contributed by atoms with E-state index in [1.54, 1.807) is 0 Å². The van der Waals surface area contributed by atoms with Crippen molar-refractivity contribution in [1.29, 1.82) is 0 Å². The molecule has 0 aromatic carbocycles. The van der Waals surface area contributed by atoms with Crippen LogP contribution in [0, 0.1) is 12.8 Å². The quantitative estimate of drug-likeness (QED) is 0.777. The van der Waals surface area contributed by atoms with Crippen LogP contribution in [0.5, 0.6) is 0 Å². The summed E-state index contributed by atoms with van der Waals surface area (Å²) in [4.78, 5) is 5.50. The summed E-state index contributed by atoms with van der Waals surface area (Å²) < 4.78 is 0. The van der Waals surface area contributed by atoms with E-state index < -0.39 is 0 Å². The molecule has 21 heavy (non-hydrogen) atoms. The van der Waals surface area contributed by atoms with Gasteiger partial charge in [-0.15, -0.1) is 11.3 Å². The summed E-state index contributed by atoms with van der Waals surface area (Å²) in [5.41, 5.74) is 1.68. The van der Waals surface area contributed by atoms with Gasteiger partial charge in [0.15, 0.2) is 0 Å². The Balaban J connectivity index is 2.72. The van der Waals surface area contributed by atoms with Crippen molar-refractivity contribution in [3.05, 3.63) is 21.4 Å². The third kappa shape index (κ3) is 6.94. The average molecular weight is 311 g/mol. The van der Waals surface area contributed by atoms with Crippen LogP contribution in [0.2, 0.25) is 0 Å². The van der Waals surface area contributed by atoms with E-state index >= 15 is 0 Å². The Morgan fingerprint density at radius 1 is 1.19 bits per heavy atom. The molecule has 0 aliphatic heterocycles. The van der Waals surface area contributed by atoms with E-state index in [-0.39, 0.29) is 5.54 Å². The molecule has 0 aliphatic carbocycles. The standard InChI is InChI=1S/C18H34N2S/c1-13(2)11-20(14(3)4)12-16-9-17(21-15(16)5)10-19-18(6,7)8/h9,13-14,19H,10-12H2,1-8H3. The van der Waals surface area contributed by atoms with Crippen LogP contribution in [0.1, 0.15) is 63.8 Å². The molecule has 0 spiro atoms. The van der Waals surface area contributed by atoms with E-state index in [9.17, 15) is 0 Å². The monoisotopic (exact) mass is 310 g/mol. The van der Waals surface area contributed by atoms with Gasteiger partial charge in [-0.05, 0) is 59.1 Å². The summed E-state index contributed by atoms with van der Waals surface area (Å²) in [6.07, 6.45) is 0. The second-order valence-corrected chi connectivity index (χ2v) is 9.16. The fourth-order valence-electron chi connectivity index (χ4n) is 2.33. The van der Waals surface area contributed by atoms with Gasteiger partial charge in [0.1, 0.15) is 0 Å². The number of hydrogen-bond acceptors (Lipinski definition) is 3. The Morgan fingerprint density at radius 3 is 2.29 bits per heavy atom. The molecule has 1 N–H and O–H groups in total. The predicted octanol–water partition coefficient (Wildman–Crippen LogP) is 4.81. The van der Waals surface area contributed by atoms with Gasteiger partial charge in [0, 0.05) is 41.0 Å². The smallest absolute Gasteiger partial charge is 0.0304 e. The van der Waals surface area contributed by atoms with Crippen molar-refractivity contribution < 1.29 is 0 Å². The number of thiophene rings is 1. The minimum absolute atomic E-state index is 0.180. The van der Waals surface area contributed by atoms with Crippen LogP contribution in [0.4, 0.5) is 0 Å². The minimum Gasteiger partial charge on any atom is -0.307 e. The van der Waals surface area contributed by atoms with Crippen LogP contribution in [0.3, 0.4) is 0 Å². The number of rotatable bonds is 7. The molecule has 0 saturated carbocycles. The van der Waals surface area contributed by atoms with Gasteiger partial charge in [0.25, 0.3) is 0 Å². The van der Waals surface area contributed by atoms with Crippen molar-refractivity contribution in [2.45, 2.75) is 80.1 Å². The third-order valence-electron chi connectivity index (χ3n) is 3.57. The first kappa shape index (κ1) is 18.7. The van der Waals surface area contributed by atoms with Gasteiger partial charge < -0.3 is 5.32 Å². The lowest BCUT2D eigenvalue weighted by Gasteiger charge is -2.28. The van der Waals surface area contributed by atoms with Gasteiger partial charge in [-0.25, -0.2) is 0 Å². The van der Waals surface area contributed by atoms with E-state index in [4.69, 9.17) is 0 Å². The SMILES string of the molecule is Cc1sc(CNC(C)(C)C)cc1CN(CC(C)C)C(C)C. The van der Waals surface area contributed by atoms with Crippen LogP contribution in [0.15, 0.2) is 6.07 Å². The van der Waals surface area contributed by atoms with Gasteiger partial charge in [-0.2, -0.15) is 0 Å². The molecule has 0 amide bonds. The van der Waals surface area contributed by atoms with Crippen LogP contribution >= 0.6 is 11.3 Å². The molecule has 3 heteroatoms. The van der Waals surface area contributed by atoms with E-state index in [1.807, 2.05) is 11.3 Å². The second-order valence-electron chi connectivity index (χ2n) is 7.81. The predicted molar refractivity (Wildman–Crippen MR) is 96.0 cm³/mol. The molecular formula is C18H34N2S. The number of nitrogens with zero attached hydrogens (tertiary/aromatic N) is 1. The fraction of sp³-hybridized carbons (Fsp3) is 0.778. The molecule has 0 fully saturated rings. The molecule has 1 aromatic heterocycles. The van der Waals surface area contributed by atoms with Gasteiger partial charge in [-0.3, -0.25) is 4.90 Å². The first-order valence-corrected chi connectivity index (χ1v) is 8.97. The molecule has 0 atom stereocenters. The molecule has 1 aromatic rings. The zero-order chi connectivity index (χ0) is 16.2. The molecule has 122 valence electrons. The van der Waals surface area contributed by atoms with E-state index in [1.165, 1.54) is 21.9 Å². The maximum absolute atomic E-state index is 3.58. The third-order valence-corrected chi connectivity index (χ3v) is 4.66. The van der Waals surface area contributed by atoms with Crippen molar-refractivity contribution in [3.8, 4) is 0 Å². The van der Waals surface area contributed by atoms with Gasteiger partial charge >= 0.3 is 0 Å². The summed E-state index contributed by atoms with van der Waals surface area (Å²) in [6, 6.07) is 3.00. The summed E-state index contributed by atoms with van der Waals surface area (Å²) >= 11 is 1.94.